The number of aryl methyl sites for hydroxylation is 1. The summed E-state index contributed by atoms with van der Waals surface area (Å²) in [7, 11) is 0. The summed E-state index contributed by atoms with van der Waals surface area (Å²) in [5, 5.41) is 13.4. The average Bonchev–Trinajstić information content (AvgIpc) is 2.90. The molecule has 0 bridgehead atoms. The van der Waals surface area contributed by atoms with Gasteiger partial charge in [0.2, 0.25) is 0 Å². The fourth-order valence-electron chi connectivity index (χ4n) is 1.85. The SMILES string of the molecule is CC.CCOCc1cccc(-n2nc(C)cc2C(=O)O)c1. The van der Waals surface area contributed by atoms with E-state index in [1.54, 1.807) is 13.0 Å². The van der Waals surface area contributed by atoms with Gasteiger partial charge in [-0.15, -0.1) is 0 Å². The number of rotatable bonds is 5. The van der Waals surface area contributed by atoms with Gasteiger partial charge in [0.05, 0.1) is 18.0 Å². The number of hydrogen-bond donors (Lipinski definition) is 1. The second kappa shape index (κ2) is 8.21. The third kappa shape index (κ3) is 4.43. The smallest absolute Gasteiger partial charge is 0.354 e. The molecule has 21 heavy (non-hydrogen) atoms. The Morgan fingerprint density at radius 3 is 2.67 bits per heavy atom. The maximum atomic E-state index is 11.2. The Balaban J connectivity index is 0.00000106. The minimum absolute atomic E-state index is 0.158. The normalized spacial score (nSPS) is 9.90. The third-order valence-electron chi connectivity index (χ3n) is 2.68. The van der Waals surface area contributed by atoms with Crippen LogP contribution >= 0.6 is 0 Å². The first-order valence-electron chi connectivity index (χ1n) is 7.09. The van der Waals surface area contributed by atoms with Gasteiger partial charge in [-0.2, -0.15) is 5.10 Å². The van der Waals surface area contributed by atoms with Gasteiger partial charge in [0.25, 0.3) is 0 Å². The summed E-state index contributed by atoms with van der Waals surface area (Å²) >= 11 is 0. The van der Waals surface area contributed by atoms with Crippen LogP contribution in [0.3, 0.4) is 0 Å². The fourth-order valence-corrected chi connectivity index (χ4v) is 1.85. The highest BCUT2D eigenvalue weighted by Gasteiger charge is 2.14. The van der Waals surface area contributed by atoms with Gasteiger partial charge in [-0.05, 0) is 37.6 Å². The number of carboxylic acid groups (broad SMARTS) is 1. The van der Waals surface area contributed by atoms with Crippen molar-refractivity contribution in [1.82, 2.24) is 9.78 Å². The van der Waals surface area contributed by atoms with Crippen LogP contribution in [0.4, 0.5) is 0 Å². The van der Waals surface area contributed by atoms with Gasteiger partial charge in [-0.3, -0.25) is 0 Å². The molecule has 0 amide bonds. The predicted molar refractivity (Wildman–Crippen MR) is 81.9 cm³/mol. The van der Waals surface area contributed by atoms with E-state index in [9.17, 15) is 4.79 Å². The Bertz CT molecular complexity index is 591. The molecule has 1 heterocycles. The van der Waals surface area contributed by atoms with Crippen LogP contribution in [-0.2, 0) is 11.3 Å². The van der Waals surface area contributed by atoms with Gasteiger partial charge < -0.3 is 9.84 Å². The van der Waals surface area contributed by atoms with Gasteiger partial charge in [0, 0.05) is 6.61 Å². The molecule has 0 fully saturated rings. The monoisotopic (exact) mass is 290 g/mol. The minimum atomic E-state index is -0.990. The predicted octanol–water partition coefficient (Wildman–Crippen LogP) is 3.44. The maximum Gasteiger partial charge on any atom is 0.354 e. The van der Waals surface area contributed by atoms with Crippen LogP contribution in [0, 0.1) is 6.92 Å². The lowest BCUT2D eigenvalue weighted by Crippen LogP contribution is -2.08. The minimum Gasteiger partial charge on any atom is -0.477 e. The van der Waals surface area contributed by atoms with Crippen LogP contribution in [0.15, 0.2) is 30.3 Å². The summed E-state index contributed by atoms with van der Waals surface area (Å²) in [6.07, 6.45) is 0. The van der Waals surface area contributed by atoms with Crippen molar-refractivity contribution in [2.45, 2.75) is 34.3 Å². The second-order valence-corrected chi connectivity index (χ2v) is 4.19. The molecule has 1 N–H and O–H groups in total. The van der Waals surface area contributed by atoms with Gasteiger partial charge in [-0.1, -0.05) is 26.0 Å². The van der Waals surface area contributed by atoms with E-state index in [0.29, 0.717) is 18.9 Å². The summed E-state index contributed by atoms with van der Waals surface area (Å²) in [5.74, 6) is -0.990. The lowest BCUT2D eigenvalue weighted by atomic mass is 10.2. The molecule has 5 heteroatoms. The third-order valence-corrected chi connectivity index (χ3v) is 2.68. The Kier molecular flexibility index (Phi) is 6.62. The first-order chi connectivity index (χ1) is 10.1. The van der Waals surface area contributed by atoms with Crippen molar-refractivity contribution in [3.63, 3.8) is 0 Å². The average molecular weight is 290 g/mol. The van der Waals surface area contributed by atoms with E-state index in [4.69, 9.17) is 9.84 Å². The highest BCUT2D eigenvalue weighted by atomic mass is 16.5. The zero-order valence-electron chi connectivity index (χ0n) is 13.0. The van der Waals surface area contributed by atoms with Crippen LogP contribution < -0.4 is 0 Å². The van der Waals surface area contributed by atoms with E-state index < -0.39 is 5.97 Å². The van der Waals surface area contributed by atoms with E-state index in [2.05, 4.69) is 5.10 Å². The molecule has 0 radical (unpaired) electrons. The number of nitrogens with zero attached hydrogens (tertiary/aromatic N) is 2. The molecule has 2 rings (SSSR count). The standard InChI is InChI=1S/C14H16N2O3.C2H6/c1-3-19-9-11-5-4-6-12(8-11)16-13(14(17)18)7-10(2)15-16;1-2/h4-8H,3,9H2,1-2H3,(H,17,18);1-2H3. The van der Waals surface area contributed by atoms with Crippen molar-refractivity contribution < 1.29 is 14.6 Å². The molecule has 1 aromatic carbocycles. The topological polar surface area (TPSA) is 64.4 Å². The summed E-state index contributed by atoms with van der Waals surface area (Å²) in [6, 6.07) is 9.07. The Hall–Kier alpha value is -2.14. The van der Waals surface area contributed by atoms with Crippen LogP contribution in [0.2, 0.25) is 0 Å². The molecular formula is C16H22N2O3. The number of carboxylic acids is 1. The van der Waals surface area contributed by atoms with E-state index >= 15 is 0 Å². The van der Waals surface area contributed by atoms with E-state index in [1.807, 2.05) is 45.0 Å². The van der Waals surface area contributed by atoms with Crippen molar-refractivity contribution >= 4 is 5.97 Å². The highest BCUT2D eigenvalue weighted by molar-refractivity contribution is 5.86. The number of aromatic carboxylic acids is 1. The molecule has 0 aliphatic heterocycles. The first-order valence-corrected chi connectivity index (χ1v) is 7.09. The van der Waals surface area contributed by atoms with Crippen molar-refractivity contribution in [2.75, 3.05) is 6.61 Å². The summed E-state index contributed by atoms with van der Waals surface area (Å²) < 4.78 is 6.78. The zero-order valence-corrected chi connectivity index (χ0v) is 13.0. The van der Waals surface area contributed by atoms with Crippen molar-refractivity contribution in [2.24, 2.45) is 0 Å². The maximum absolute atomic E-state index is 11.2. The largest absolute Gasteiger partial charge is 0.477 e. The van der Waals surface area contributed by atoms with Crippen LogP contribution in [0.5, 0.6) is 0 Å². The van der Waals surface area contributed by atoms with Crippen LogP contribution in [0.25, 0.3) is 5.69 Å². The van der Waals surface area contributed by atoms with Gasteiger partial charge >= 0.3 is 5.97 Å². The van der Waals surface area contributed by atoms with Gasteiger partial charge in [0.1, 0.15) is 0 Å². The Morgan fingerprint density at radius 2 is 2.05 bits per heavy atom. The summed E-state index contributed by atoms with van der Waals surface area (Å²) in [6.45, 7) is 8.86. The molecule has 0 spiro atoms. The lowest BCUT2D eigenvalue weighted by molar-refractivity contribution is 0.0687. The second-order valence-electron chi connectivity index (χ2n) is 4.19. The molecule has 0 saturated heterocycles. The van der Waals surface area contributed by atoms with Crippen LogP contribution in [0.1, 0.15) is 42.5 Å². The molecule has 0 atom stereocenters. The lowest BCUT2D eigenvalue weighted by Gasteiger charge is -2.07. The quantitative estimate of drug-likeness (QED) is 0.916. The van der Waals surface area contributed by atoms with Gasteiger partial charge in [-0.25, -0.2) is 9.48 Å². The number of aromatic nitrogens is 2. The fraction of sp³-hybridized carbons (Fsp3) is 0.375. The molecule has 0 unspecified atom stereocenters. The molecule has 1 aromatic heterocycles. The Morgan fingerprint density at radius 1 is 1.33 bits per heavy atom. The molecule has 114 valence electrons. The van der Waals surface area contributed by atoms with Crippen molar-refractivity contribution in [3.8, 4) is 5.69 Å². The highest BCUT2D eigenvalue weighted by Crippen LogP contribution is 2.15. The first kappa shape index (κ1) is 16.9. The molecule has 5 nitrogen and oxygen atoms in total. The van der Waals surface area contributed by atoms with Gasteiger partial charge in [0.15, 0.2) is 5.69 Å². The van der Waals surface area contributed by atoms with E-state index in [0.717, 1.165) is 11.3 Å². The van der Waals surface area contributed by atoms with E-state index in [-0.39, 0.29) is 5.69 Å². The molecule has 0 saturated carbocycles. The zero-order chi connectivity index (χ0) is 15.8. The molecule has 0 aliphatic carbocycles. The molecular weight excluding hydrogens is 268 g/mol. The number of hydrogen-bond acceptors (Lipinski definition) is 3. The number of benzene rings is 1. The molecule has 0 aliphatic rings. The number of carbonyl (C=O) groups is 1. The van der Waals surface area contributed by atoms with Crippen molar-refractivity contribution in [3.05, 3.63) is 47.3 Å². The van der Waals surface area contributed by atoms with E-state index in [1.165, 1.54) is 4.68 Å². The van der Waals surface area contributed by atoms with Crippen LogP contribution in [-0.4, -0.2) is 27.5 Å². The Labute approximate surface area is 125 Å². The summed E-state index contributed by atoms with van der Waals surface area (Å²) in [4.78, 5) is 11.2. The van der Waals surface area contributed by atoms with Crippen molar-refractivity contribution in [1.29, 1.82) is 0 Å². The number of ether oxygens (including phenoxy) is 1. The molecule has 2 aromatic rings. The summed E-state index contributed by atoms with van der Waals surface area (Å²) in [5.41, 5.74) is 2.55.